The standard InChI is InChI=1S/C21H36N4O3/c1-3-21(4-2)18(27)25(19(28)23-21)15-17(26)22-16-20(11-7-5-8-12-20)24-13-9-6-10-14-24/h3-16H2,1-2H3,(H,22,26)(H,23,28). The number of hydrogen-bond acceptors (Lipinski definition) is 4. The molecule has 2 heterocycles. The zero-order chi connectivity index (χ0) is 20.2. The molecule has 1 aliphatic carbocycles. The Hall–Kier alpha value is -1.63. The number of nitrogens with one attached hydrogen (secondary N) is 2. The average molecular weight is 393 g/mol. The number of imide groups is 1. The van der Waals surface area contributed by atoms with Crippen molar-refractivity contribution in [1.82, 2.24) is 20.4 Å². The van der Waals surface area contributed by atoms with Crippen molar-refractivity contribution in [3.8, 4) is 0 Å². The maximum absolute atomic E-state index is 12.7. The van der Waals surface area contributed by atoms with Crippen LogP contribution in [0.2, 0.25) is 0 Å². The molecule has 4 amide bonds. The van der Waals surface area contributed by atoms with Gasteiger partial charge in [0, 0.05) is 12.1 Å². The second-order valence-electron chi connectivity index (χ2n) is 8.72. The minimum Gasteiger partial charge on any atom is -0.353 e. The predicted molar refractivity (Wildman–Crippen MR) is 108 cm³/mol. The van der Waals surface area contributed by atoms with E-state index >= 15 is 0 Å². The molecule has 0 spiro atoms. The Balaban J connectivity index is 1.60. The fraction of sp³-hybridized carbons (Fsp3) is 0.857. The molecule has 7 heteroatoms. The molecule has 158 valence electrons. The van der Waals surface area contributed by atoms with E-state index < -0.39 is 11.6 Å². The maximum atomic E-state index is 12.7. The van der Waals surface area contributed by atoms with Gasteiger partial charge in [-0.15, -0.1) is 0 Å². The Morgan fingerprint density at radius 2 is 1.61 bits per heavy atom. The molecule has 3 fully saturated rings. The zero-order valence-corrected chi connectivity index (χ0v) is 17.5. The Morgan fingerprint density at radius 3 is 2.18 bits per heavy atom. The summed E-state index contributed by atoms with van der Waals surface area (Å²) in [5.74, 6) is -0.519. The first-order chi connectivity index (χ1) is 13.5. The Morgan fingerprint density at radius 1 is 1.00 bits per heavy atom. The molecule has 0 aromatic carbocycles. The first-order valence-corrected chi connectivity index (χ1v) is 11.1. The highest BCUT2D eigenvalue weighted by Gasteiger charge is 2.49. The van der Waals surface area contributed by atoms with Gasteiger partial charge < -0.3 is 10.6 Å². The third kappa shape index (κ3) is 4.04. The van der Waals surface area contributed by atoms with Crippen LogP contribution in [0, 0.1) is 0 Å². The molecule has 0 atom stereocenters. The highest BCUT2D eigenvalue weighted by atomic mass is 16.2. The Labute approximate surface area is 168 Å². The van der Waals surface area contributed by atoms with Gasteiger partial charge in [0.2, 0.25) is 5.91 Å². The Kier molecular flexibility index (Phi) is 6.63. The van der Waals surface area contributed by atoms with E-state index in [1.807, 2.05) is 13.8 Å². The van der Waals surface area contributed by atoms with Gasteiger partial charge in [-0.2, -0.15) is 0 Å². The second-order valence-corrected chi connectivity index (χ2v) is 8.72. The van der Waals surface area contributed by atoms with Gasteiger partial charge in [0.1, 0.15) is 12.1 Å². The minimum atomic E-state index is -0.851. The molecule has 2 aliphatic heterocycles. The van der Waals surface area contributed by atoms with Crippen LogP contribution in [-0.4, -0.2) is 64.9 Å². The quantitative estimate of drug-likeness (QED) is 0.652. The van der Waals surface area contributed by atoms with E-state index in [0.717, 1.165) is 30.8 Å². The summed E-state index contributed by atoms with van der Waals surface area (Å²) in [7, 11) is 0. The molecular weight excluding hydrogens is 356 g/mol. The molecule has 2 N–H and O–H groups in total. The predicted octanol–water partition coefficient (Wildman–Crippen LogP) is 2.40. The van der Waals surface area contributed by atoms with Crippen LogP contribution in [0.1, 0.15) is 78.1 Å². The van der Waals surface area contributed by atoms with Crippen molar-refractivity contribution in [3.05, 3.63) is 0 Å². The number of nitrogens with zero attached hydrogens (tertiary/aromatic N) is 2. The van der Waals surface area contributed by atoms with Gasteiger partial charge in [-0.05, 0) is 51.6 Å². The van der Waals surface area contributed by atoms with Crippen LogP contribution in [0.4, 0.5) is 4.79 Å². The fourth-order valence-electron chi connectivity index (χ4n) is 5.19. The lowest BCUT2D eigenvalue weighted by Gasteiger charge is -2.48. The molecule has 2 saturated heterocycles. The van der Waals surface area contributed by atoms with Crippen molar-refractivity contribution in [2.24, 2.45) is 0 Å². The molecule has 0 aromatic rings. The summed E-state index contributed by atoms with van der Waals surface area (Å²) >= 11 is 0. The van der Waals surface area contributed by atoms with Crippen molar-refractivity contribution < 1.29 is 14.4 Å². The van der Waals surface area contributed by atoms with Crippen molar-refractivity contribution in [2.75, 3.05) is 26.2 Å². The van der Waals surface area contributed by atoms with Crippen LogP contribution >= 0.6 is 0 Å². The molecule has 0 unspecified atom stereocenters. The van der Waals surface area contributed by atoms with Crippen LogP contribution in [-0.2, 0) is 9.59 Å². The van der Waals surface area contributed by atoms with E-state index in [0.29, 0.717) is 19.4 Å². The monoisotopic (exact) mass is 392 g/mol. The van der Waals surface area contributed by atoms with Gasteiger partial charge in [0.25, 0.3) is 5.91 Å². The van der Waals surface area contributed by atoms with Crippen molar-refractivity contribution >= 4 is 17.8 Å². The smallest absolute Gasteiger partial charge is 0.325 e. The van der Waals surface area contributed by atoms with Crippen molar-refractivity contribution in [3.63, 3.8) is 0 Å². The van der Waals surface area contributed by atoms with Crippen LogP contribution in [0.3, 0.4) is 0 Å². The highest BCUT2D eigenvalue weighted by Crippen LogP contribution is 2.35. The van der Waals surface area contributed by atoms with Gasteiger partial charge in [0.15, 0.2) is 0 Å². The molecular formula is C21H36N4O3. The van der Waals surface area contributed by atoms with Gasteiger partial charge in [0.05, 0.1) is 0 Å². The maximum Gasteiger partial charge on any atom is 0.325 e. The van der Waals surface area contributed by atoms with E-state index in [1.54, 1.807) is 0 Å². The number of piperidine rings is 1. The summed E-state index contributed by atoms with van der Waals surface area (Å²) in [5, 5.41) is 5.85. The van der Waals surface area contributed by atoms with Crippen LogP contribution in [0.25, 0.3) is 0 Å². The van der Waals surface area contributed by atoms with Crippen molar-refractivity contribution in [1.29, 1.82) is 0 Å². The number of rotatable bonds is 7. The number of likely N-dealkylation sites (tertiary alicyclic amines) is 1. The third-order valence-electron chi connectivity index (χ3n) is 7.18. The van der Waals surface area contributed by atoms with E-state index in [1.165, 1.54) is 38.5 Å². The lowest BCUT2D eigenvalue weighted by molar-refractivity contribution is -0.135. The lowest BCUT2D eigenvalue weighted by atomic mass is 9.79. The first-order valence-electron chi connectivity index (χ1n) is 11.1. The number of carbonyl (C=O) groups excluding carboxylic acids is 3. The Bertz CT molecular complexity index is 590. The van der Waals surface area contributed by atoms with E-state index in [2.05, 4.69) is 15.5 Å². The third-order valence-corrected chi connectivity index (χ3v) is 7.18. The second kappa shape index (κ2) is 8.80. The molecule has 28 heavy (non-hydrogen) atoms. The molecule has 7 nitrogen and oxygen atoms in total. The first kappa shape index (κ1) is 21.1. The molecule has 3 rings (SSSR count). The average Bonchev–Trinajstić information content (AvgIpc) is 2.98. The van der Waals surface area contributed by atoms with Crippen LogP contribution in [0.5, 0.6) is 0 Å². The van der Waals surface area contributed by atoms with Crippen LogP contribution < -0.4 is 10.6 Å². The van der Waals surface area contributed by atoms with E-state index in [-0.39, 0.29) is 23.9 Å². The van der Waals surface area contributed by atoms with Gasteiger partial charge in [-0.25, -0.2) is 4.79 Å². The van der Waals surface area contributed by atoms with Crippen molar-refractivity contribution in [2.45, 2.75) is 89.1 Å². The number of hydrogen-bond donors (Lipinski definition) is 2. The zero-order valence-electron chi connectivity index (χ0n) is 17.5. The minimum absolute atomic E-state index is 0.0439. The molecule has 3 aliphatic rings. The largest absolute Gasteiger partial charge is 0.353 e. The fourth-order valence-corrected chi connectivity index (χ4v) is 5.19. The summed E-state index contributed by atoms with van der Waals surface area (Å²) in [6.07, 6.45) is 10.7. The molecule has 0 bridgehead atoms. The lowest BCUT2D eigenvalue weighted by Crippen LogP contribution is -2.58. The SMILES string of the molecule is CCC1(CC)NC(=O)N(CC(=O)NCC2(N3CCCCC3)CCCCC2)C1=O. The van der Waals surface area contributed by atoms with E-state index in [4.69, 9.17) is 0 Å². The highest BCUT2D eigenvalue weighted by molar-refractivity contribution is 6.08. The van der Waals surface area contributed by atoms with Gasteiger partial charge >= 0.3 is 6.03 Å². The molecule has 0 aromatic heterocycles. The normalized spacial score (nSPS) is 24.9. The van der Waals surface area contributed by atoms with Gasteiger partial charge in [-0.1, -0.05) is 39.5 Å². The topological polar surface area (TPSA) is 81.8 Å². The molecule has 1 saturated carbocycles. The summed E-state index contributed by atoms with van der Waals surface area (Å²) < 4.78 is 0. The van der Waals surface area contributed by atoms with E-state index in [9.17, 15) is 14.4 Å². The molecule has 0 radical (unpaired) electrons. The summed E-state index contributed by atoms with van der Waals surface area (Å²) in [5.41, 5.74) is -0.808. The number of urea groups is 1. The summed E-state index contributed by atoms with van der Waals surface area (Å²) in [4.78, 5) is 41.3. The summed E-state index contributed by atoms with van der Waals surface area (Å²) in [6, 6.07) is -0.452. The number of amides is 4. The van der Waals surface area contributed by atoms with Crippen LogP contribution in [0.15, 0.2) is 0 Å². The summed E-state index contributed by atoms with van der Waals surface area (Å²) in [6.45, 7) is 6.41. The van der Waals surface area contributed by atoms with Gasteiger partial charge in [-0.3, -0.25) is 19.4 Å². The number of carbonyl (C=O) groups is 3.